The van der Waals surface area contributed by atoms with Crippen LogP contribution < -0.4 is 4.74 Å². The summed E-state index contributed by atoms with van der Waals surface area (Å²) in [6.45, 7) is 0.333. The predicted octanol–water partition coefficient (Wildman–Crippen LogP) is 6.13. The molecule has 1 aromatic heterocycles. The molecule has 5 rings (SSSR count). The second-order valence-electron chi connectivity index (χ2n) is 9.46. The molecule has 3 aromatic carbocycles. The molecular weight excluding hydrogens is 530 g/mol. The van der Waals surface area contributed by atoms with E-state index in [9.17, 15) is 19.7 Å². The van der Waals surface area contributed by atoms with Gasteiger partial charge in [-0.2, -0.15) is 0 Å². The molecule has 0 aliphatic heterocycles. The molecule has 1 aliphatic carbocycles. The van der Waals surface area contributed by atoms with Gasteiger partial charge in [0.2, 0.25) is 0 Å². The van der Waals surface area contributed by atoms with Crippen molar-refractivity contribution in [3.05, 3.63) is 118 Å². The zero-order valence-corrected chi connectivity index (χ0v) is 22.4. The summed E-state index contributed by atoms with van der Waals surface area (Å²) < 4.78 is 21.3. The molecule has 11 heteroatoms. The summed E-state index contributed by atoms with van der Waals surface area (Å²) in [5.41, 5.74) is 5.72. The lowest BCUT2D eigenvalue weighted by Gasteiger charge is -2.28. The molecule has 0 saturated heterocycles. The zero-order valence-electron chi connectivity index (χ0n) is 22.4. The molecule has 1 heterocycles. The number of nitro benzene ring substituents is 1. The van der Waals surface area contributed by atoms with Crippen LogP contribution in [-0.2, 0) is 22.6 Å². The van der Waals surface area contributed by atoms with Crippen molar-refractivity contribution in [3.8, 4) is 16.9 Å². The van der Waals surface area contributed by atoms with Crippen molar-refractivity contribution < 1.29 is 33.1 Å². The van der Waals surface area contributed by atoms with E-state index in [-0.39, 0.29) is 37.1 Å². The highest BCUT2D eigenvalue weighted by molar-refractivity contribution is 5.79. The number of furan rings is 1. The maximum Gasteiger partial charge on any atom is 0.514 e. The highest BCUT2D eigenvalue weighted by Gasteiger charge is 2.30. The Bertz CT molecular complexity index is 1520. The molecule has 210 valence electrons. The van der Waals surface area contributed by atoms with E-state index < -0.39 is 17.2 Å². The van der Waals surface area contributed by atoms with E-state index in [4.69, 9.17) is 18.6 Å². The van der Waals surface area contributed by atoms with Crippen LogP contribution in [0, 0.1) is 10.1 Å². The normalized spacial score (nSPS) is 12.0. The van der Waals surface area contributed by atoms with Crippen molar-refractivity contribution in [2.24, 2.45) is 0 Å². The smallest absolute Gasteiger partial charge is 0.472 e. The number of carbonyl (C=O) groups is 2. The van der Waals surface area contributed by atoms with Gasteiger partial charge in [0.15, 0.2) is 0 Å². The Kier molecular flexibility index (Phi) is 7.97. The van der Waals surface area contributed by atoms with Crippen LogP contribution in [0.25, 0.3) is 11.1 Å². The first-order valence-corrected chi connectivity index (χ1v) is 12.7. The number of non-ortho nitro benzene ring substituents is 1. The number of hydrazine groups is 1. The van der Waals surface area contributed by atoms with E-state index in [1.54, 1.807) is 19.1 Å². The zero-order chi connectivity index (χ0) is 28.9. The molecule has 1 aliphatic rings. The average Bonchev–Trinajstić information content (AvgIpc) is 3.56. The van der Waals surface area contributed by atoms with E-state index in [0.29, 0.717) is 11.1 Å². The lowest BCUT2D eigenvalue weighted by atomic mass is 9.98. The lowest BCUT2D eigenvalue weighted by molar-refractivity contribution is -0.384. The van der Waals surface area contributed by atoms with Crippen LogP contribution in [0.2, 0.25) is 0 Å². The third-order valence-corrected chi connectivity index (χ3v) is 6.94. The first-order valence-electron chi connectivity index (χ1n) is 12.7. The molecule has 11 nitrogen and oxygen atoms in total. The number of rotatable bonds is 9. The van der Waals surface area contributed by atoms with E-state index >= 15 is 0 Å². The minimum Gasteiger partial charge on any atom is -0.472 e. The molecule has 1 amide bonds. The quantitative estimate of drug-likeness (QED) is 0.103. The average molecular weight is 558 g/mol. The summed E-state index contributed by atoms with van der Waals surface area (Å²) in [5.74, 6) is 0.0610. The predicted molar refractivity (Wildman–Crippen MR) is 147 cm³/mol. The number of hydrogen-bond donors (Lipinski definition) is 0. The van der Waals surface area contributed by atoms with Gasteiger partial charge in [0.25, 0.3) is 5.69 Å². The summed E-state index contributed by atoms with van der Waals surface area (Å²) in [6.07, 6.45) is 1.45. The fraction of sp³-hybridized carbons (Fsp3) is 0.200. The van der Waals surface area contributed by atoms with Crippen molar-refractivity contribution in [3.63, 3.8) is 0 Å². The Balaban J connectivity index is 1.13. The van der Waals surface area contributed by atoms with Gasteiger partial charge in [0.05, 0.1) is 17.4 Å². The molecule has 0 fully saturated rings. The van der Waals surface area contributed by atoms with Crippen LogP contribution in [0.15, 0.2) is 89.7 Å². The second-order valence-corrected chi connectivity index (χ2v) is 9.46. The van der Waals surface area contributed by atoms with Crippen molar-refractivity contribution >= 4 is 17.9 Å². The first-order chi connectivity index (χ1) is 19.8. The number of fused-ring (bicyclic) bond motifs is 3. The molecule has 0 spiro atoms. The van der Waals surface area contributed by atoms with Crippen molar-refractivity contribution in [2.75, 3.05) is 20.7 Å². The summed E-state index contributed by atoms with van der Waals surface area (Å²) in [4.78, 5) is 35.2. The highest BCUT2D eigenvalue weighted by Crippen LogP contribution is 2.44. The summed E-state index contributed by atoms with van der Waals surface area (Å²) in [5, 5.41) is 13.8. The Morgan fingerprint density at radius 1 is 0.878 bits per heavy atom. The number of nitro groups is 1. The van der Waals surface area contributed by atoms with Gasteiger partial charge in [0, 0.05) is 49.8 Å². The fourth-order valence-corrected chi connectivity index (χ4v) is 4.69. The van der Waals surface area contributed by atoms with Gasteiger partial charge < -0.3 is 18.6 Å². The van der Waals surface area contributed by atoms with E-state index in [0.717, 1.165) is 22.3 Å². The SMILES string of the molecule is CN(Cc1cocc1COC(=O)Oc1ccc([N+](=O)[O-])cc1)N(C)C(=O)OCC1c2ccccc2-c2ccccc21. The maximum atomic E-state index is 12.9. The van der Waals surface area contributed by atoms with Gasteiger partial charge >= 0.3 is 12.2 Å². The number of hydrogen-bond acceptors (Lipinski definition) is 9. The molecule has 0 unspecified atom stereocenters. The van der Waals surface area contributed by atoms with E-state index in [1.807, 2.05) is 24.3 Å². The maximum absolute atomic E-state index is 12.9. The number of ether oxygens (including phenoxy) is 3. The molecule has 0 bridgehead atoms. The van der Waals surface area contributed by atoms with Crippen LogP contribution in [-0.4, -0.2) is 47.9 Å². The van der Waals surface area contributed by atoms with Crippen LogP contribution in [0.4, 0.5) is 15.3 Å². The standard InChI is InChI=1S/C30H27N3O8/c1-31(15-20-16-38-17-21(20)18-40-30(35)41-23-13-11-22(12-14-23)33(36)37)32(2)29(34)39-19-28-26-9-5-3-7-24(26)25-8-4-6-10-27(25)28/h3-14,16-17,28H,15,18-19H2,1-2H3. The van der Waals surface area contributed by atoms with Gasteiger partial charge in [-0.3, -0.25) is 10.1 Å². The Labute approximate surface area is 235 Å². The van der Waals surface area contributed by atoms with E-state index in [2.05, 4.69) is 24.3 Å². The lowest BCUT2D eigenvalue weighted by Crippen LogP contribution is -2.41. The molecule has 4 aromatic rings. The topological polar surface area (TPSA) is 125 Å². The summed E-state index contributed by atoms with van der Waals surface area (Å²) in [7, 11) is 3.33. The first kappa shape index (κ1) is 27.4. The van der Waals surface area contributed by atoms with Crippen LogP contribution in [0.3, 0.4) is 0 Å². The number of amides is 1. The summed E-state index contributed by atoms with van der Waals surface area (Å²) in [6, 6.07) is 21.3. The second kappa shape index (κ2) is 11.9. The molecule has 41 heavy (non-hydrogen) atoms. The fourth-order valence-electron chi connectivity index (χ4n) is 4.69. The monoisotopic (exact) mass is 557 g/mol. The van der Waals surface area contributed by atoms with Gasteiger partial charge in [-0.15, -0.1) is 0 Å². The van der Waals surface area contributed by atoms with Crippen LogP contribution >= 0.6 is 0 Å². The van der Waals surface area contributed by atoms with Crippen LogP contribution in [0.1, 0.15) is 28.2 Å². The van der Waals surface area contributed by atoms with E-state index in [1.165, 1.54) is 41.8 Å². The highest BCUT2D eigenvalue weighted by atomic mass is 16.7. The third-order valence-electron chi connectivity index (χ3n) is 6.94. The number of carbonyl (C=O) groups excluding carboxylic acids is 2. The van der Waals surface area contributed by atoms with Gasteiger partial charge in [0.1, 0.15) is 19.0 Å². The molecule has 0 radical (unpaired) electrons. The molecular formula is C30H27N3O8. The summed E-state index contributed by atoms with van der Waals surface area (Å²) >= 11 is 0. The van der Waals surface area contributed by atoms with Gasteiger partial charge in [-0.25, -0.2) is 19.6 Å². The minimum atomic E-state index is -0.977. The largest absolute Gasteiger partial charge is 0.514 e. The number of benzene rings is 3. The third kappa shape index (κ3) is 6.04. The van der Waals surface area contributed by atoms with Crippen molar-refractivity contribution in [2.45, 2.75) is 19.1 Å². The molecule has 0 atom stereocenters. The Hall–Kier alpha value is -5.16. The van der Waals surface area contributed by atoms with Crippen LogP contribution in [0.5, 0.6) is 5.75 Å². The van der Waals surface area contributed by atoms with Gasteiger partial charge in [-0.05, 0) is 34.4 Å². The Morgan fingerprint density at radius 3 is 2.12 bits per heavy atom. The van der Waals surface area contributed by atoms with Crippen molar-refractivity contribution in [1.82, 2.24) is 10.0 Å². The minimum absolute atomic E-state index is 0.0477. The van der Waals surface area contributed by atoms with Gasteiger partial charge in [-0.1, -0.05) is 48.5 Å². The van der Waals surface area contributed by atoms with Crippen molar-refractivity contribution in [1.29, 1.82) is 0 Å². The number of nitrogens with zero attached hydrogens (tertiary/aromatic N) is 3. The molecule has 0 saturated carbocycles. The molecule has 0 N–H and O–H groups in total. The Morgan fingerprint density at radius 2 is 1.49 bits per heavy atom.